The molecule has 172 valence electrons. The first-order valence-electron chi connectivity index (χ1n) is 11.0. The Labute approximate surface area is 189 Å². The summed E-state index contributed by atoms with van der Waals surface area (Å²) in [6.07, 6.45) is 1.30. The van der Waals surface area contributed by atoms with Crippen LogP contribution in [0, 0.1) is 0 Å². The van der Waals surface area contributed by atoms with Crippen LogP contribution in [0.1, 0.15) is 44.7 Å². The van der Waals surface area contributed by atoms with Gasteiger partial charge in [-0.1, -0.05) is 30.3 Å². The molecular weight excluding hydrogens is 408 g/mol. The third-order valence-corrected chi connectivity index (χ3v) is 5.07. The first-order valence-corrected chi connectivity index (χ1v) is 11.0. The molecule has 0 radical (unpaired) electrons. The molecule has 0 aromatic heterocycles. The number of likely N-dealkylation sites (tertiary alicyclic amines) is 1. The third-order valence-electron chi connectivity index (χ3n) is 5.07. The van der Waals surface area contributed by atoms with E-state index in [1.54, 1.807) is 23.1 Å². The van der Waals surface area contributed by atoms with Crippen LogP contribution in [0.15, 0.2) is 48.5 Å². The minimum absolute atomic E-state index is 0.0709. The van der Waals surface area contributed by atoms with E-state index in [1.165, 1.54) is 0 Å². The summed E-state index contributed by atoms with van der Waals surface area (Å²) in [6, 6.07) is 14.4. The molecule has 1 unspecified atom stereocenters. The second kappa shape index (κ2) is 10.4. The van der Waals surface area contributed by atoms with Gasteiger partial charge < -0.3 is 24.8 Å². The van der Waals surface area contributed by atoms with Crippen molar-refractivity contribution in [2.75, 3.05) is 13.1 Å². The Hall–Kier alpha value is -3.22. The number of phenols is 1. The number of phenolic OH excluding ortho intramolecular Hbond substituents is 1. The highest BCUT2D eigenvalue weighted by Gasteiger charge is 2.28. The van der Waals surface area contributed by atoms with Crippen molar-refractivity contribution in [1.29, 1.82) is 0 Å². The van der Waals surface area contributed by atoms with Gasteiger partial charge in [0.15, 0.2) is 0 Å². The minimum atomic E-state index is -0.557. The van der Waals surface area contributed by atoms with Crippen molar-refractivity contribution in [2.24, 2.45) is 0 Å². The molecule has 1 aliphatic rings. The lowest BCUT2D eigenvalue weighted by atomic mass is 10.0. The molecule has 1 fully saturated rings. The number of nitrogens with one attached hydrogen (secondary N) is 1. The quantitative estimate of drug-likeness (QED) is 0.708. The molecule has 7 nitrogen and oxygen atoms in total. The molecule has 1 atom stereocenters. The van der Waals surface area contributed by atoms with Gasteiger partial charge in [-0.3, -0.25) is 4.79 Å². The molecule has 0 aliphatic carbocycles. The number of carbonyl (C=O) groups excluding carboxylic acids is 2. The summed E-state index contributed by atoms with van der Waals surface area (Å²) < 4.78 is 11.4. The summed E-state index contributed by atoms with van der Waals surface area (Å²) in [7, 11) is 0. The zero-order valence-electron chi connectivity index (χ0n) is 19.0. The Kier molecular flexibility index (Phi) is 7.62. The number of aromatic hydroxyl groups is 1. The van der Waals surface area contributed by atoms with Gasteiger partial charge in [0.05, 0.1) is 6.42 Å². The summed E-state index contributed by atoms with van der Waals surface area (Å²) in [5.41, 5.74) is 1.07. The number of nitrogens with zero attached hydrogens (tertiary/aromatic N) is 1. The predicted octanol–water partition coefficient (Wildman–Crippen LogP) is 4.03. The number of piperidine rings is 1. The van der Waals surface area contributed by atoms with Gasteiger partial charge >= 0.3 is 6.09 Å². The molecule has 0 spiro atoms. The van der Waals surface area contributed by atoms with Crippen LogP contribution in [-0.2, 0) is 22.6 Å². The maximum Gasteiger partial charge on any atom is 0.410 e. The lowest BCUT2D eigenvalue weighted by Gasteiger charge is -2.34. The summed E-state index contributed by atoms with van der Waals surface area (Å²) in [6.45, 7) is 6.90. The van der Waals surface area contributed by atoms with Crippen molar-refractivity contribution in [2.45, 2.75) is 58.3 Å². The van der Waals surface area contributed by atoms with Crippen LogP contribution >= 0.6 is 0 Å². The zero-order valence-corrected chi connectivity index (χ0v) is 19.0. The number of hydrogen-bond acceptors (Lipinski definition) is 5. The average Bonchev–Trinajstić information content (AvgIpc) is 2.73. The monoisotopic (exact) mass is 440 g/mol. The first kappa shape index (κ1) is 23.4. The molecule has 1 aliphatic heterocycles. The fraction of sp³-hybridized carbons (Fsp3) is 0.440. The summed E-state index contributed by atoms with van der Waals surface area (Å²) in [5, 5.41) is 12.9. The molecular formula is C25H32N2O5. The SMILES string of the molecule is CC(C)(C)OC(=O)N1CCCC(NC(=O)Cc2cc(O)ccc2OCc2ccccc2)C1. The largest absolute Gasteiger partial charge is 0.508 e. The minimum Gasteiger partial charge on any atom is -0.508 e. The summed E-state index contributed by atoms with van der Waals surface area (Å²) in [5.74, 6) is 0.450. The molecule has 0 bridgehead atoms. The molecule has 2 N–H and O–H groups in total. The molecule has 2 aromatic carbocycles. The Morgan fingerprint density at radius 3 is 2.62 bits per heavy atom. The second-order valence-corrected chi connectivity index (χ2v) is 9.08. The van der Waals surface area contributed by atoms with Crippen molar-refractivity contribution in [3.05, 3.63) is 59.7 Å². The molecule has 0 saturated carbocycles. The Balaban J connectivity index is 1.58. The Bertz CT molecular complexity index is 924. The second-order valence-electron chi connectivity index (χ2n) is 9.08. The normalized spacial score (nSPS) is 16.3. The van der Waals surface area contributed by atoms with Gasteiger partial charge in [-0.2, -0.15) is 0 Å². The van der Waals surface area contributed by atoms with Crippen LogP contribution in [0.2, 0.25) is 0 Å². The van der Waals surface area contributed by atoms with Gasteiger partial charge in [0.25, 0.3) is 0 Å². The maximum atomic E-state index is 12.7. The summed E-state index contributed by atoms with van der Waals surface area (Å²) >= 11 is 0. The van der Waals surface area contributed by atoms with E-state index >= 15 is 0 Å². The van der Waals surface area contributed by atoms with Gasteiger partial charge in [-0.25, -0.2) is 4.79 Å². The highest BCUT2D eigenvalue weighted by Crippen LogP contribution is 2.25. The van der Waals surface area contributed by atoms with Gasteiger partial charge in [0.2, 0.25) is 5.91 Å². The molecule has 2 amide bonds. The predicted molar refractivity (Wildman–Crippen MR) is 122 cm³/mol. The molecule has 32 heavy (non-hydrogen) atoms. The highest BCUT2D eigenvalue weighted by atomic mass is 16.6. The molecule has 3 rings (SSSR count). The van der Waals surface area contributed by atoms with Crippen LogP contribution in [0.25, 0.3) is 0 Å². The lowest BCUT2D eigenvalue weighted by Crippen LogP contribution is -2.51. The van der Waals surface area contributed by atoms with E-state index in [4.69, 9.17) is 9.47 Å². The van der Waals surface area contributed by atoms with E-state index in [9.17, 15) is 14.7 Å². The number of ether oxygens (including phenoxy) is 2. The summed E-state index contributed by atoms with van der Waals surface area (Å²) in [4.78, 5) is 26.7. The van der Waals surface area contributed by atoms with Gasteiger partial charge in [-0.15, -0.1) is 0 Å². The Morgan fingerprint density at radius 1 is 1.16 bits per heavy atom. The van der Waals surface area contributed by atoms with E-state index in [0.717, 1.165) is 18.4 Å². The van der Waals surface area contributed by atoms with Crippen LogP contribution in [-0.4, -0.2) is 46.7 Å². The molecule has 1 saturated heterocycles. The van der Waals surface area contributed by atoms with Crippen molar-refractivity contribution >= 4 is 12.0 Å². The standard InChI is InChI=1S/C25H32N2O5/c1-25(2,3)32-24(30)27-13-7-10-20(16-27)26-23(29)15-19-14-21(28)11-12-22(19)31-17-18-8-5-4-6-9-18/h4-6,8-9,11-12,14,20,28H,7,10,13,15-17H2,1-3H3,(H,26,29). The third kappa shape index (κ3) is 7.18. The van der Waals surface area contributed by atoms with E-state index in [2.05, 4.69) is 5.32 Å². The van der Waals surface area contributed by atoms with E-state index in [1.807, 2.05) is 51.1 Å². The van der Waals surface area contributed by atoms with E-state index < -0.39 is 5.60 Å². The fourth-order valence-corrected chi connectivity index (χ4v) is 3.62. The highest BCUT2D eigenvalue weighted by molar-refractivity contribution is 5.80. The molecule has 1 heterocycles. The number of amides is 2. The molecule has 7 heteroatoms. The number of rotatable bonds is 6. The topological polar surface area (TPSA) is 88.1 Å². The van der Waals surface area contributed by atoms with Crippen LogP contribution < -0.4 is 10.1 Å². The Morgan fingerprint density at radius 2 is 1.91 bits per heavy atom. The van der Waals surface area contributed by atoms with Gasteiger partial charge in [0, 0.05) is 24.7 Å². The number of benzene rings is 2. The number of carbonyl (C=O) groups is 2. The fourth-order valence-electron chi connectivity index (χ4n) is 3.62. The van der Waals surface area contributed by atoms with E-state index in [0.29, 0.717) is 31.0 Å². The zero-order chi connectivity index (χ0) is 23.1. The number of hydrogen-bond donors (Lipinski definition) is 2. The van der Waals surface area contributed by atoms with Crippen LogP contribution in [0.5, 0.6) is 11.5 Å². The van der Waals surface area contributed by atoms with Crippen molar-refractivity contribution in [3.63, 3.8) is 0 Å². The van der Waals surface area contributed by atoms with Crippen LogP contribution in [0.4, 0.5) is 4.79 Å². The first-order chi connectivity index (χ1) is 15.2. The van der Waals surface area contributed by atoms with Crippen molar-refractivity contribution < 1.29 is 24.2 Å². The van der Waals surface area contributed by atoms with Gasteiger partial charge in [-0.05, 0) is 57.4 Å². The average molecular weight is 441 g/mol. The van der Waals surface area contributed by atoms with Crippen molar-refractivity contribution in [1.82, 2.24) is 10.2 Å². The van der Waals surface area contributed by atoms with Gasteiger partial charge in [0.1, 0.15) is 23.7 Å². The molecule has 2 aromatic rings. The van der Waals surface area contributed by atoms with Crippen molar-refractivity contribution in [3.8, 4) is 11.5 Å². The lowest BCUT2D eigenvalue weighted by molar-refractivity contribution is -0.121. The van der Waals surface area contributed by atoms with Crippen LogP contribution in [0.3, 0.4) is 0 Å². The van der Waals surface area contributed by atoms with E-state index in [-0.39, 0.29) is 30.2 Å². The maximum absolute atomic E-state index is 12.7. The smallest absolute Gasteiger partial charge is 0.410 e.